The first kappa shape index (κ1) is 25.0. The third-order valence-electron chi connectivity index (χ3n) is 6.53. The van der Waals surface area contributed by atoms with Crippen molar-refractivity contribution in [2.24, 2.45) is 5.73 Å². The van der Waals surface area contributed by atoms with Gasteiger partial charge in [0.05, 0.1) is 24.5 Å². The average Bonchev–Trinajstić information content (AvgIpc) is 3.20. The number of hydrogen-bond acceptors (Lipinski definition) is 6. The maximum Gasteiger partial charge on any atom is 0.278 e. The van der Waals surface area contributed by atoms with E-state index in [0.29, 0.717) is 41.1 Å². The van der Waals surface area contributed by atoms with Crippen molar-refractivity contribution in [3.05, 3.63) is 93.5 Å². The Bertz CT molecular complexity index is 1530. The lowest BCUT2D eigenvalue weighted by molar-refractivity contribution is 0.498. The molecule has 1 atom stereocenters. The quantitative estimate of drug-likeness (QED) is 0.450. The van der Waals surface area contributed by atoms with Crippen molar-refractivity contribution >= 4 is 29.3 Å². The maximum atomic E-state index is 13.8. The molecule has 0 amide bonds. The molecule has 1 unspecified atom stereocenters. The minimum atomic E-state index is -0.247. The summed E-state index contributed by atoms with van der Waals surface area (Å²) in [6, 6.07) is 21.6. The van der Waals surface area contributed by atoms with Crippen LogP contribution in [0.25, 0.3) is 11.0 Å². The van der Waals surface area contributed by atoms with E-state index in [2.05, 4.69) is 22.0 Å². The first-order chi connectivity index (χ1) is 17.1. The van der Waals surface area contributed by atoms with E-state index in [1.807, 2.05) is 47.0 Å². The molecule has 1 aliphatic rings. The molecule has 0 spiro atoms. The summed E-state index contributed by atoms with van der Waals surface area (Å²) in [6.45, 7) is 2.02. The van der Waals surface area contributed by atoms with Gasteiger partial charge in [0.2, 0.25) is 0 Å². The van der Waals surface area contributed by atoms with E-state index in [-0.39, 0.29) is 30.6 Å². The van der Waals surface area contributed by atoms with Crippen LogP contribution in [-0.4, -0.2) is 33.2 Å². The molecular formula is C27H26ClN7O. The number of nitrogens with zero attached hydrogens (tertiary/aromatic N) is 6. The lowest BCUT2D eigenvalue weighted by atomic mass is 10.1. The highest BCUT2D eigenvalue weighted by Gasteiger charge is 2.28. The van der Waals surface area contributed by atoms with E-state index < -0.39 is 0 Å². The monoisotopic (exact) mass is 499 g/mol. The van der Waals surface area contributed by atoms with Crippen LogP contribution in [0, 0.1) is 22.7 Å². The van der Waals surface area contributed by atoms with Gasteiger partial charge in [-0.05, 0) is 30.0 Å². The zero-order valence-electron chi connectivity index (χ0n) is 19.7. The van der Waals surface area contributed by atoms with Gasteiger partial charge >= 0.3 is 0 Å². The second kappa shape index (κ2) is 10.7. The maximum absolute atomic E-state index is 13.8. The zero-order valence-corrected chi connectivity index (χ0v) is 20.5. The molecule has 5 rings (SSSR count). The minimum Gasteiger partial charge on any atom is -0.355 e. The zero-order chi connectivity index (χ0) is 24.4. The predicted octanol–water partition coefficient (Wildman–Crippen LogP) is 3.39. The van der Waals surface area contributed by atoms with Crippen molar-refractivity contribution in [2.75, 3.05) is 18.0 Å². The second-order valence-electron chi connectivity index (χ2n) is 8.87. The molecule has 2 aromatic carbocycles. The number of halogens is 1. The van der Waals surface area contributed by atoms with Crippen LogP contribution >= 0.6 is 12.4 Å². The van der Waals surface area contributed by atoms with Crippen molar-refractivity contribution in [1.82, 2.24) is 14.1 Å². The van der Waals surface area contributed by atoms with Crippen LogP contribution in [0.1, 0.15) is 35.1 Å². The molecular weight excluding hydrogens is 474 g/mol. The van der Waals surface area contributed by atoms with Gasteiger partial charge in [-0.15, -0.1) is 12.4 Å². The Morgan fingerprint density at radius 2 is 1.78 bits per heavy atom. The van der Waals surface area contributed by atoms with Crippen molar-refractivity contribution in [3.8, 4) is 12.1 Å². The molecule has 3 heterocycles. The first-order valence-electron chi connectivity index (χ1n) is 11.6. The van der Waals surface area contributed by atoms with Gasteiger partial charge in [-0.25, -0.2) is 4.98 Å². The van der Waals surface area contributed by atoms with Crippen LogP contribution in [0.5, 0.6) is 0 Å². The summed E-state index contributed by atoms with van der Waals surface area (Å²) >= 11 is 0. The van der Waals surface area contributed by atoms with E-state index in [1.165, 1.54) is 10.9 Å². The largest absolute Gasteiger partial charge is 0.355 e. The molecule has 0 radical (unpaired) electrons. The van der Waals surface area contributed by atoms with Crippen LogP contribution in [0.15, 0.2) is 65.7 Å². The summed E-state index contributed by atoms with van der Waals surface area (Å²) in [5.41, 5.74) is 9.47. The molecule has 0 aliphatic carbocycles. The summed E-state index contributed by atoms with van der Waals surface area (Å²) in [4.78, 5) is 20.5. The Morgan fingerprint density at radius 1 is 1.03 bits per heavy atom. The summed E-state index contributed by atoms with van der Waals surface area (Å²) in [6.07, 6.45) is 3.32. The third kappa shape index (κ3) is 4.57. The molecule has 2 N–H and O–H groups in total. The van der Waals surface area contributed by atoms with Crippen LogP contribution in [-0.2, 0) is 13.1 Å². The van der Waals surface area contributed by atoms with Crippen LogP contribution < -0.4 is 16.2 Å². The highest BCUT2D eigenvalue weighted by Crippen LogP contribution is 2.32. The van der Waals surface area contributed by atoms with E-state index in [0.717, 1.165) is 30.5 Å². The fourth-order valence-electron chi connectivity index (χ4n) is 4.87. The molecule has 1 fully saturated rings. The fourth-order valence-corrected chi connectivity index (χ4v) is 4.87. The highest BCUT2D eigenvalue weighted by molar-refractivity contribution is 5.89. The van der Waals surface area contributed by atoms with Crippen LogP contribution in [0.3, 0.4) is 0 Å². The molecule has 1 aliphatic heterocycles. The second-order valence-corrected chi connectivity index (χ2v) is 8.87. The van der Waals surface area contributed by atoms with Gasteiger partial charge in [-0.3, -0.25) is 9.36 Å². The summed E-state index contributed by atoms with van der Waals surface area (Å²) in [7, 11) is 0. The molecule has 182 valence electrons. The average molecular weight is 500 g/mol. The predicted molar refractivity (Wildman–Crippen MR) is 141 cm³/mol. The van der Waals surface area contributed by atoms with Crippen LogP contribution in [0.4, 0.5) is 5.82 Å². The Labute approximate surface area is 215 Å². The number of anilines is 1. The molecule has 8 nitrogen and oxygen atoms in total. The normalized spacial score (nSPS) is 15.2. The SMILES string of the molecule is Cl.N#Cc1ccccc1Cn1cnc2c(C#N)c(N3CCCC(N)C3)n(Cc3ccccc3)c2c1=O. The van der Waals surface area contributed by atoms with Gasteiger partial charge in [-0.1, -0.05) is 48.5 Å². The van der Waals surface area contributed by atoms with Gasteiger partial charge < -0.3 is 15.2 Å². The highest BCUT2D eigenvalue weighted by atomic mass is 35.5. The van der Waals surface area contributed by atoms with Gasteiger partial charge in [0.1, 0.15) is 28.5 Å². The fraction of sp³-hybridized carbons (Fsp3) is 0.259. The van der Waals surface area contributed by atoms with Gasteiger partial charge in [0.15, 0.2) is 0 Å². The molecule has 0 bridgehead atoms. The number of hydrogen-bond donors (Lipinski definition) is 1. The van der Waals surface area contributed by atoms with Crippen LogP contribution in [0.2, 0.25) is 0 Å². The van der Waals surface area contributed by atoms with Gasteiger partial charge in [0, 0.05) is 25.7 Å². The third-order valence-corrected chi connectivity index (χ3v) is 6.53. The smallest absolute Gasteiger partial charge is 0.278 e. The number of piperidine rings is 1. The van der Waals surface area contributed by atoms with E-state index >= 15 is 0 Å². The summed E-state index contributed by atoms with van der Waals surface area (Å²) in [5.74, 6) is 0.696. The topological polar surface area (TPSA) is 117 Å². The van der Waals surface area contributed by atoms with Gasteiger partial charge in [-0.2, -0.15) is 10.5 Å². The molecule has 4 aromatic rings. The summed E-state index contributed by atoms with van der Waals surface area (Å²) < 4.78 is 3.43. The molecule has 1 saturated heterocycles. The van der Waals surface area contributed by atoms with Crippen molar-refractivity contribution in [1.29, 1.82) is 10.5 Å². The standard InChI is InChI=1S/C27H25N7O.ClH/c28-13-20-9-4-5-10-21(20)16-33-18-31-24-23(14-29)26(32-12-6-11-22(30)17-32)34(25(24)27(33)35)15-19-7-2-1-3-8-19;/h1-5,7-10,18,22H,6,11-12,15-17,30H2;1H. The first-order valence-corrected chi connectivity index (χ1v) is 11.6. The Kier molecular flexibility index (Phi) is 7.40. The van der Waals surface area contributed by atoms with Crippen molar-refractivity contribution in [3.63, 3.8) is 0 Å². The van der Waals surface area contributed by atoms with E-state index in [9.17, 15) is 15.3 Å². The number of aromatic nitrogens is 3. The number of fused-ring (bicyclic) bond motifs is 1. The van der Waals surface area contributed by atoms with Gasteiger partial charge in [0.25, 0.3) is 5.56 Å². The molecule has 9 heteroatoms. The molecule has 0 saturated carbocycles. The lowest BCUT2D eigenvalue weighted by Crippen LogP contribution is -2.44. The van der Waals surface area contributed by atoms with E-state index in [1.54, 1.807) is 12.1 Å². The van der Waals surface area contributed by atoms with E-state index in [4.69, 9.17) is 5.73 Å². The van der Waals surface area contributed by atoms with Crippen molar-refractivity contribution in [2.45, 2.75) is 32.0 Å². The Hall–Kier alpha value is -4.11. The number of nitriles is 2. The minimum absolute atomic E-state index is 0. The Morgan fingerprint density at radius 3 is 2.50 bits per heavy atom. The number of rotatable bonds is 5. The molecule has 2 aromatic heterocycles. The molecule has 36 heavy (non-hydrogen) atoms. The van der Waals surface area contributed by atoms with Crippen molar-refractivity contribution < 1.29 is 0 Å². The lowest BCUT2D eigenvalue weighted by Gasteiger charge is -2.33. The number of benzene rings is 2. The Balaban J connectivity index is 0.00000304. The summed E-state index contributed by atoms with van der Waals surface area (Å²) in [5, 5.41) is 19.6. The number of nitrogens with two attached hydrogens (primary N) is 1.